The molecule has 3 aromatic heterocycles. The van der Waals surface area contributed by atoms with Crippen molar-refractivity contribution < 1.29 is 8.83 Å². The number of hydrogen-bond acceptors (Lipinski definition) is 4. The van der Waals surface area contributed by atoms with Gasteiger partial charge in [-0.1, -0.05) is 166 Å². The minimum Gasteiger partial charge on any atom is -0.456 e. The molecule has 4 heteroatoms. The van der Waals surface area contributed by atoms with Gasteiger partial charge >= 0.3 is 0 Å². The third-order valence-electron chi connectivity index (χ3n) is 14.3. The lowest BCUT2D eigenvalue weighted by molar-refractivity contribution is 0.660. The SMILES string of the molecule is CC1(C)c2ccccc2-c2ccc(N(c3ccc(-c4cccc5c4sc4ccccc45)cc3)c3ccc(-c4cccc5oc6c(-c7ccccc7)c7c(cc6c45)oc4ccccc47)cc3)cc21. The van der Waals surface area contributed by atoms with Gasteiger partial charge < -0.3 is 13.7 Å². The molecule has 1 aliphatic carbocycles. The largest absolute Gasteiger partial charge is 0.456 e. The van der Waals surface area contributed by atoms with Crippen LogP contribution in [-0.2, 0) is 5.41 Å². The maximum Gasteiger partial charge on any atom is 0.144 e. The summed E-state index contributed by atoms with van der Waals surface area (Å²) in [5, 5.41) is 6.89. The second-order valence-electron chi connectivity index (χ2n) is 18.4. The Bertz CT molecular complexity index is 4110. The number of para-hydroxylation sites is 1. The zero-order valence-corrected chi connectivity index (χ0v) is 37.7. The molecule has 0 aliphatic heterocycles. The summed E-state index contributed by atoms with van der Waals surface area (Å²) >= 11 is 1.87. The predicted octanol–water partition coefficient (Wildman–Crippen LogP) is 18.6. The van der Waals surface area contributed by atoms with Gasteiger partial charge in [-0.3, -0.25) is 0 Å². The fraction of sp³-hybridized carbons (Fsp3) is 0.0476. The van der Waals surface area contributed by atoms with Crippen molar-refractivity contribution in [2.75, 3.05) is 4.90 Å². The zero-order chi connectivity index (χ0) is 44.4. The van der Waals surface area contributed by atoms with Crippen molar-refractivity contribution in [3.8, 4) is 44.5 Å². The summed E-state index contributed by atoms with van der Waals surface area (Å²) < 4.78 is 16.1. The van der Waals surface area contributed by atoms with Gasteiger partial charge in [-0.15, -0.1) is 11.3 Å². The summed E-state index contributed by atoms with van der Waals surface area (Å²) in [6, 6.07) is 77.0. The van der Waals surface area contributed by atoms with Crippen molar-refractivity contribution >= 4 is 92.4 Å². The molecule has 0 fully saturated rings. The number of fused-ring (bicyclic) bond motifs is 12. The van der Waals surface area contributed by atoms with Gasteiger partial charge in [-0.05, 0) is 111 Å². The number of benzene rings is 10. The van der Waals surface area contributed by atoms with E-state index in [4.69, 9.17) is 8.83 Å². The first-order valence-corrected chi connectivity index (χ1v) is 23.8. The van der Waals surface area contributed by atoms with Crippen LogP contribution in [0.2, 0.25) is 0 Å². The van der Waals surface area contributed by atoms with Gasteiger partial charge in [0.2, 0.25) is 0 Å². The van der Waals surface area contributed by atoms with Gasteiger partial charge in [0, 0.05) is 69.8 Å². The van der Waals surface area contributed by atoms with Crippen LogP contribution >= 0.6 is 11.3 Å². The Kier molecular flexibility index (Phi) is 8.20. The molecular formula is C63H41NO2S. The van der Waals surface area contributed by atoms with E-state index in [0.29, 0.717) is 0 Å². The van der Waals surface area contributed by atoms with Crippen molar-refractivity contribution in [1.29, 1.82) is 0 Å². The molecule has 0 radical (unpaired) electrons. The highest BCUT2D eigenvalue weighted by Gasteiger charge is 2.36. The van der Waals surface area contributed by atoms with Crippen molar-refractivity contribution in [1.82, 2.24) is 0 Å². The van der Waals surface area contributed by atoms with Gasteiger partial charge in [0.05, 0.1) is 0 Å². The van der Waals surface area contributed by atoms with Crippen molar-refractivity contribution in [3.05, 3.63) is 223 Å². The second-order valence-corrected chi connectivity index (χ2v) is 19.4. The van der Waals surface area contributed by atoms with E-state index in [1.165, 1.54) is 53.6 Å². The number of thiophene rings is 1. The molecule has 0 atom stereocenters. The molecule has 3 heterocycles. The molecule has 0 spiro atoms. The van der Waals surface area contributed by atoms with Gasteiger partial charge in [-0.25, -0.2) is 0 Å². The third-order valence-corrected chi connectivity index (χ3v) is 15.5. The maximum atomic E-state index is 6.91. The van der Waals surface area contributed by atoms with Crippen LogP contribution in [0.1, 0.15) is 25.0 Å². The first kappa shape index (κ1) is 38.1. The second kappa shape index (κ2) is 14.4. The molecular weight excluding hydrogens is 835 g/mol. The van der Waals surface area contributed by atoms with Crippen LogP contribution in [0.25, 0.3) is 109 Å². The quantitative estimate of drug-likeness (QED) is 0.167. The Morgan fingerprint density at radius 3 is 1.82 bits per heavy atom. The normalized spacial score (nSPS) is 13.0. The number of furan rings is 2. The summed E-state index contributed by atoms with van der Waals surface area (Å²) in [4.78, 5) is 2.41. The standard InChI is InChI=1S/C63H41NO2S/c1-63(2)52-22-9-6-16-46(52)47-35-34-43(36-53(47)63)64(42-32-28-39(29-33-42)45-20-12-21-49-48-17-8-11-25-57(48)67-62(45)49)41-30-26-38(27-31-41)44-19-13-24-55-59(44)51-37-56-60(50-18-7-10-23-54(50)65-56)58(61(51)66-55)40-14-4-3-5-15-40/h3-37H,1-2H3. The summed E-state index contributed by atoms with van der Waals surface area (Å²) in [7, 11) is 0. The molecule has 0 saturated heterocycles. The number of anilines is 3. The minimum absolute atomic E-state index is 0.134. The lowest BCUT2D eigenvalue weighted by Gasteiger charge is -2.28. The highest BCUT2D eigenvalue weighted by molar-refractivity contribution is 7.26. The first-order valence-electron chi connectivity index (χ1n) is 23.0. The van der Waals surface area contributed by atoms with Gasteiger partial charge in [-0.2, -0.15) is 0 Å². The number of rotatable bonds is 6. The summed E-state index contributed by atoms with van der Waals surface area (Å²) in [5.41, 5.74) is 18.8. The molecule has 3 nitrogen and oxygen atoms in total. The fourth-order valence-corrected chi connectivity index (χ4v) is 12.4. The maximum absolute atomic E-state index is 6.91. The van der Waals surface area contributed by atoms with Crippen LogP contribution < -0.4 is 4.90 Å². The van der Waals surface area contributed by atoms with Crippen LogP contribution in [0.3, 0.4) is 0 Å². The lowest BCUT2D eigenvalue weighted by atomic mass is 9.82. The monoisotopic (exact) mass is 875 g/mol. The van der Waals surface area contributed by atoms with Crippen LogP contribution in [0.5, 0.6) is 0 Å². The Morgan fingerprint density at radius 2 is 1.00 bits per heavy atom. The summed E-state index contributed by atoms with van der Waals surface area (Å²) in [6.45, 7) is 4.71. The average Bonchev–Trinajstić information content (AvgIpc) is 4.12. The molecule has 1 aliphatic rings. The van der Waals surface area contributed by atoms with Crippen molar-refractivity contribution in [2.24, 2.45) is 0 Å². The van der Waals surface area contributed by atoms with Crippen molar-refractivity contribution in [3.63, 3.8) is 0 Å². The molecule has 0 N–H and O–H groups in total. The Balaban J connectivity index is 0.915. The van der Waals surface area contributed by atoms with E-state index < -0.39 is 0 Å². The average molecular weight is 876 g/mol. The minimum atomic E-state index is -0.134. The smallest absolute Gasteiger partial charge is 0.144 e. The molecule has 10 aromatic carbocycles. The molecule has 67 heavy (non-hydrogen) atoms. The van der Waals surface area contributed by atoms with Gasteiger partial charge in [0.15, 0.2) is 0 Å². The van der Waals surface area contributed by atoms with Crippen LogP contribution in [0.4, 0.5) is 17.1 Å². The van der Waals surface area contributed by atoms with Crippen LogP contribution in [-0.4, -0.2) is 0 Å². The van der Waals surface area contributed by atoms with Crippen molar-refractivity contribution in [2.45, 2.75) is 19.3 Å². The molecule has 316 valence electrons. The van der Waals surface area contributed by atoms with Crippen LogP contribution in [0, 0.1) is 0 Å². The predicted molar refractivity (Wildman–Crippen MR) is 282 cm³/mol. The molecule has 0 bridgehead atoms. The fourth-order valence-electron chi connectivity index (χ4n) is 11.1. The number of hydrogen-bond donors (Lipinski definition) is 0. The lowest BCUT2D eigenvalue weighted by Crippen LogP contribution is -2.16. The highest BCUT2D eigenvalue weighted by Crippen LogP contribution is 2.52. The zero-order valence-electron chi connectivity index (χ0n) is 36.9. The van der Waals surface area contributed by atoms with E-state index >= 15 is 0 Å². The Hall–Kier alpha value is -8.18. The van der Waals surface area contributed by atoms with Gasteiger partial charge in [0.25, 0.3) is 0 Å². The van der Waals surface area contributed by atoms with E-state index in [2.05, 4.69) is 219 Å². The Labute approximate surface area is 391 Å². The molecule has 0 saturated carbocycles. The molecule has 13 aromatic rings. The van der Waals surface area contributed by atoms with Gasteiger partial charge in [0.1, 0.15) is 22.3 Å². The molecule has 0 unspecified atom stereocenters. The molecule has 0 amide bonds. The topological polar surface area (TPSA) is 29.5 Å². The van der Waals surface area contributed by atoms with E-state index in [9.17, 15) is 0 Å². The van der Waals surface area contributed by atoms with E-state index in [1.807, 2.05) is 23.5 Å². The highest BCUT2D eigenvalue weighted by atomic mass is 32.1. The van der Waals surface area contributed by atoms with Crippen LogP contribution in [0.15, 0.2) is 221 Å². The first-order chi connectivity index (χ1) is 33.0. The van der Waals surface area contributed by atoms with E-state index in [0.717, 1.165) is 83.2 Å². The summed E-state index contributed by atoms with van der Waals surface area (Å²) in [6.07, 6.45) is 0. The molecule has 14 rings (SSSR count). The third kappa shape index (κ3) is 5.70. The van der Waals surface area contributed by atoms with E-state index in [-0.39, 0.29) is 5.41 Å². The summed E-state index contributed by atoms with van der Waals surface area (Å²) in [5.74, 6) is 0. The number of nitrogens with zero attached hydrogens (tertiary/aromatic N) is 1. The Morgan fingerprint density at radius 1 is 0.388 bits per heavy atom. The van der Waals surface area contributed by atoms with E-state index in [1.54, 1.807) is 0 Å².